The average molecular weight is 421 g/mol. The molecule has 1 fully saturated rings. The van der Waals surface area contributed by atoms with Crippen LogP contribution in [0.5, 0.6) is 0 Å². The Balaban J connectivity index is 1.37. The fraction of sp³-hybridized carbons (Fsp3) is 0.360. The van der Waals surface area contributed by atoms with Crippen LogP contribution in [0.4, 0.5) is 4.39 Å². The molecule has 0 saturated carbocycles. The van der Waals surface area contributed by atoms with Gasteiger partial charge in [0.15, 0.2) is 5.82 Å². The van der Waals surface area contributed by atoms with Crippen molar-refractivity contribution in [3.05, 3.63) is 83.4 Å². The van der Waals surface area contributed by atoms with Crippen LogP contribution in [-0.4, -0.2) is 57.2 Å². The third-order valence-electron chi connectivity index (χ3n) is 5.84. The van der Waals surface area contributed by atoms with Gasteiger partial charge in [-0.2, -0.15) is 0 Å². The largest absolute Gasteiger partial charge is 0.396 e. The lowest BCUT2D eigenvalue weighted by molar-refractivity contribution is 0.0499. The molecule has 1 N–H and O–H groups in total. The summed E-state index contributed by atoms with van der Waals surface area (Å²) in [4.78, 5) is 13.9. The number of piperazine rings is 1. The first kappa shape index (κ1) is 21.6. The SMILES string of the molecule is Cc1cccc(-c2ncc(CN3CCN(Cc4ccc(F)cc4)[C@H](CCO)C3)cn2)c1. The van der Waals surface area contributed by atoms with Gasteiger partial charge in [-0.3, -0.25) is 9.80 Å². The van der Waals surface area contributed by atoms with Crippen molar-refractivity contribution in [2.75, 3.05) is 26.2 Å². The van der Waals surface area contributed by atoms with E-state index in [0.717, 1.165) is 61.7 Å². The highest BCUT2D eigenvalue weighted by Gasteiger charge is 2.26. The van der Waals surface area contributed by atoms with E-state index >= 15 is 0 Å². The van der Waals surface area contributed by atoms with Crippen LogP contribution < -0.4 is 0 Å². The van der Waals surface area contributed by atoms with Crippen molar-refractivity contribution in [3.8, 4) is 11.4 Å². The van der Waals surface area contributed by atoms with E-state index < -0.39 is 0 Å². The second-order valence-corrected chi connectivity index (χ2v) is 8.28. The molecule has 0 spiro atoms. The van der Waals surface area contributed by atoms with E-state index in [1.807, 2.05) is 36.7 Å². The number of aryl methyl sites for hydroxylation is 1. The Bertz CT molecular complexity index is 978. The monoisotopic (exact) mass is 420 g/mol. The van der Waals surface area contributed by atoms with Crippen LogP contribution in [0.15, 0.2) is 60.9 Å². The molecule has 1 aliphatic heterocycles. The van der Waals surface area contributed by atoms with Gasteiger partial charge in [-0.1, -0.05) is 35.9 Å². The molecule has 31 heavy (non-hydrogen) atoms. The van der Waals surface area contributed by atoms with Gasteiger partial charge in [0.1, 0.15) is 5.82 Å². The lowest BCUT2D eigenvalue weighted by atomic mass is 10.1. The standard InChI is InChI=1S/C25H29FN4O/c1-19-3-2-4-22(13-19)25-27-14-21(15-28-25)16-29-10-11-30(24(18-29)9-12-31)17-20-5-7-23(26)8-6-20/h2-8,13-15,24,31H,9-12,16-18H2,1H3/t24-/m1/s1. The molecule has 0 amide bonds. The molecule has 1 aliphatic rings. The van der Waals surface area contributed by atoms with Gasteiger partial charge in [0.25, 0.3) is 0 Å². The Kier molecular flexibility index (Phi) is 7.02. The zero-order chi connectivity index (χ0) is 21.6. The maximum Gasteiger partial charge on any atom is 0.159 e. The quantitative estimate of drug-likeness (QED) is 0.632. The summed E-state index contributed by atoms with van der Waals surface area (Å²) in [5.74, 6) is 0.533. The van der Waals surface area contributed by atoms with Crippen LogP contribution in [0.2, 0.25) is 0 Å². The fourth-order valence-corrected chi connectivity index (χ4v) is 4.18. The van der Waals surface area contributed by atoms with Gasteiger partial charge in [0, 0.05) is 68.9 Å². The molecule has 1 saturated heterocycles. The molecule has 0 bridgehead atoms. The molecular weight excluding hydrogens is 391 g/mol. The van der Waals surface area contributed by atoms with Gasteiger partial charge in [-0.25, -0.2) is 14.4 Å². The van der Waals surface area contributed by atoms with Crippen molar-refractivity contribution >= 4 is 0 Å². The van der Waals surface area contributed by atoms with Crippen LogP contribution in [0.3, 0.4) is 0 Å². The molecule has 0 unspecified atom stereocenters. The van der Waals surface area contributed by atoms with E-state index in [9.17, 15) is 9.50 Å². The second-order valence-electron chi connectivity index (χ2n) is 8.28. The summed E-state index contributed by atoms with van der Waals surface area (Å²) in [7, 11) is 0. The fourth-order valence-electron chi connectivity index (χ4n) is 4.18. The number of nitrogens with zero attached hydrogens (tertiary/aromatic N) is 4. The summed E-state index contributed by atoms with van der Waals surface area (Å²) >= 11 is 0. The van der Waals surface area contributed by atoms with Crippen molar-refractivity contribution < 1.29 is 9.50 Å². The van der Waals surface area contributed by atoms with Crippen LogP contribution in [0.25, 0.3) is 11.4 Å². The first-order valence-corrected chi connectivity index (χ1v) is 10.8. The Hall–Kier alpha value is -2.67. The van der Waals surface area contributed by atoms with E-state index in [4.69, 9.17) is 0 Å². The Labute approximate surface area is 183 Å². The molecule has 2 heterocycles. The lowest BCUT2D eigenvalue weighted by Gasteiger charge is -2.41. The lowest BCUT2D eigenvalue weighted by Crippen LogP contribution is -2.52. The minimum Gasteiger partial charge on any atom is -0.396 e. The number of hydrogen-bond acceptors (Lipinski definition) is 5. The zero-order valence-corrected chi connectivity index (χ0v) is 17.9. The summed E-state index contributed by atoms with van der Waals surface area (Å²) in [6.45, 7) is 6.50. The van der Waals surface area contributed by atoms with Crippen LogP contribution in [0.1, 0.15) is 23.1 Å². The first-order valence-electron chi connectivity index (χ1n) is 10.8. The van der Waals surface area contributed by atoms with E-state index in [1.54, 1.807) is 0 Å². The minimum absolute atomic E-state index is 0.159. The highest BCUT2D eigenvalue weighted by molar-refractivity contribution is 5.55. The smallest absolute Gasteiger partial charge is 0.159 e. The Morgan fingerprint density at radius 3 is 2.48 bits per heavy atom. The van der Waals surface area contributed by atoms with E-state index in [1.165, 1.54) is 17.7 Å². The molecule has 3 aromatic rings. The topological polar surface area (TPSA) is 52.5 Å². The molecular formula is C25H29FN4O. The average Bonchev–Trinajstić information content (AvgIpc) is 2.78. The maximum atomic E-state index is 13.2. The van der Waals surface area contributed by atoms with Crippen molar-refractivity contribution in [2.45, 2.75) is 32.5 Å². The van der Waals surface area contributed by atoms with Gasteiger partial charge >= 0.3 is 0 Å². The van der Waals surface area contributed by atoms with Gasteiger partial charge in [0.05, 0.1) is 0 Å². The van der Waals surface area contributed by atoms with Gasteiger partial charge in [0.2, 0.25) is 0 Å². The number of rotatable bonds is 7. The van der Waals surface area contributed by atoms with Crippen molar-refractivity contribution in [1.82, 2.24) is 19.8 Å². The molecule has 2 aromatic carbocycles. The summed E-state index contributed by atoms with van der Waals surface area (Å²) in [6, 6.07) is 15.2. The predicted octanol–water partition coefficient (Wildman–Crippen LogP) is 3.66. The minimum atomic E-state index is -0.212. The number of aliphatic hydroxyl groups is 1. The zero-order valence-electron chi connectivity index (χ0n) is 17.9. The molecule has 0 aliphatic carbocycles. The summed E-state index contributed by atoms with van der Waals surface area (Å²) in [6.07, 6.45) is 4.55. The van der Waals surface area contributed by atoms with Crippen molar-refractivity contribution in [3.63, 3.8) is 0 Å². The van der Waals surface area contributed by atoms with Crippen molar-refractivity contribution in [2.24, 2.45) is 0 Å². The highest BCUT2D eigenvalue weighted by Crippen LogP contribution is 2.20. The van der Waals surface area contributed by atoms with Gasteiger partial charge < -0.3 is 5.11 Å². The molecule has 0 radical (unpaired) electrons. The summed E-state index contributed by atoms with van der Waals surface area (Å²) < 4.78 is 13.2. The van der Waals surface area contributed by atoms with Crippen LogP contribution >= 0.6 is 0 Å². The van der Waals surface area contributed by atoms with Crippen LogP contribution in [0, 0.1) is 12.7 Å². The molecule has 6 heteroatoms. The molecule has 5 nitrogen and oxygen atoms in total. The second kappa shape index (κ2) is 10.1. The third-order valence-corrected chi connectivity index (χ3v) is 5.84. The molecule has 1 aromatic heterocycles. The van der Waals surface area contributed by atoms with E-state index in [-0.39, 0.29) is 18.5 Å². The number of hydrogen-bond donors (Lipinski definition) is 1. The number of aromatic nitrogens is 2. The summed E-state index contributed by atoms with van der Waals surface area (Å²) in [5, 5.41) is 9.56. The molecule has 1 atom stereocenters. The Morgan fingerprint density at radius 2 is 1.77 bits per heavy atom. The van der Waals surface area contributed by atoms with Crippen LogP contribution in [-0.2, 0) is 13.1 Å². The first-order chi connectivity index (χ1) is 15.1. The van der Waals surface area contributed by atoms with E-state index in [0.29, 0.717) is 0 Å². The normalized spacial score (nSPS) is 17.7. The molecule has 162 valence electrons. The van der Waals surface area contributed by atoms with E-state index in [2.05, 4.69) is 38.8 Å². The highest BCUT2D eigenvalue weighted by atomic mass is 19.1. The maximum absolute atomic E-state index is 13.2. The third kappa shape index (κ3) is 5.73. The molecule has 4 rings (SSSR count). The van der Waals surface area contributed by atoms with Gasteiger partial charge in [-0.15, -0.1) is 0 Å². The van der Waals surface area contributed by atoms with Crippen molar-refractivity contribution in [1.29, 1.82) is 0 Å². The summed E-state index contributed by atoms with van der Waals surface area (Å²) in [5.41, 5.74) is 4.41. The predicted molar refractivity (Wildman–Crippen MR) is 120 cm³/mol. The number of halogens is 1. The Morgan fingerprint density at radius 1 is 1.00 bits per heavy atom. The van der Waals surface area contributed by atoms with Gasteiger partial charge in [-0.05, 0) is 37.1 Å². The number of aliphatic hydroxyl groups excluding tert-OH is 1. The number of benzene rings is 2.